The van der Waals surface area contributed by atoms with Gasteiger partial charge in [-0.05, 0) is 12.1 Å². The SMILES string of the molecule is O=[N+]([O-])c1c(O)cccc1[CH]O. The molecule has 0 aromatic heterocycles. The Balaban J connectivity index is 3.29. The van der Waals surface area contributed by atoms with Crippen LogP contribution in [0.2, 0.25) is 0 Å². The monoisotopic (exact) mass is 168 g/mol. The van der Waals surface area contributed by atoms with Crippen LogP contribution in [0.15, 0.2) is 18.2 Å². The summed E-state index contributed by atoms with van der Waals surface area (Å²) in [5.74, 6) is -0.456. The van der Waals surface area contributed by atoms with Crippen LogP contribution in [0.25, 0.3) is 0 Å². The smallest absolute Gasteiger partial charge is 0.316 e. The Morgan fingerprint density at radius 3 is 2.58 bits per heavy atom. The summed E-state index contributed by atoms with van der Waals surface area (Å²) >= 11 is 0. The second-order valence-corrected chi connectivity index (χ2v) is 2.10. The standard InChI is InChI=1S/C7H6NO4/c9-4-5-2-1-3-6(10)7(5)8(11)12/h1-4,9-10H. The van der Waals surface area contributed by atoms with Crippen LogP contribution in [0.4, 0.5) is 5.69 Å². The van der Waals surface area contributed by atoms with Crippen molar-refractivity contribution in [1.29, 1.82) is 0 Å². The molecule has 2 N–H and O–H groups in total. The van der Waals surface area contributed by atoms with Crippen LogP contribution < -0.4 is 0 Å². The second kappa shape index (κ2) is 3.19. The number of aliphatic hydroxyl groups excluding tert-OH is 1. The third-order valence-corrected chi connectivity index (χ3v) is 1.37. The third-order valence-electron chi connectivity index (χ3n) is 1.37. The molecule has 5 nitrogen and oxygen atoms in total. The van der Waals surface area contributed by atoms with E-state index in [1.807, 2.05) is 0 Å². The molecule has 5 heteroatoms. The largest absolute Gasteiger partial charge is 0.502 e. The van der Waals surface area contributed by atoms with Gasteiger partial charge in [0.2, 0.25) is 0 Å². The number of aliphatic hydroxyl groups is 1. The molecule has 0 amide bonds. The third kappa shape index (κ3) is 1.35. The second-order valence-electron chi connectivity index (χ2n) is 2.10. The molecule has 0 aliphatic carbocycles. The lowest BCUT2D eigenvalue weighted by atomic mass is 10.2. The van der Waals surface area contributed by atoms with Crippen molar-refractivity contribution >= 4 is 5.69 Å². The van der Waals surface area contributed by atoms with E-state index in [2.05, 4.69) is 0 Å². The summed E-state index contributed by atoms with van der Waals surface area (Å²) in [6.45, 7) is 0.581. The highest BCUT2D eigenvalue weighted by molar-refractivity contribution is 5.53. The zero-order chi connectivity index (χ0) is 9.14. The summed E-state index contributed by atoms with van der Waals surface area (Å²) in [5.41, 5.74) is -0.500. The van der Waals surface area contributed by atoms with Crippen molar-refractivity contribution < 1.29 is 15.1 Å². The Labute approximate surface area is 68.0 Å². The zero-order valence-corrected chi connectivity index (χ0v) is 5.97. The van der Waals surface area contributed by atoms with Crippen molar-refractivity contribution in [3.05, 3.63) is 40.5 Å². The number of rotatable bonds is 2. The minimum atomic E-state index is -0.753. The first-order valence-corrected chi connectivity index (χ1v) is 3.10. The van der Waals surface area contributed by atoms with Gasteiger partial charge in [0, 0.05) is 0 Å². The highest BCUT2D eigenvalue weighted by Gasteiger charge is 2.17. The van der Waals surface area contributed by atoms with Crippen LogP contribution in [0.1, 0.15) is 5.56 Å². The lowest BCUT2D eigenvalue weighted by molar-refractivity contribution is -0.386. The van der Waals surface area contributed by atoms with Crippen molar-refractivity contribution in [2.24, 2.45) is 0 Å². The van der Waals surface area contributed by atoms with Gasteiger partial charge in [0.25, 0.3) is 0 Å². The van der Waals surface area contributed by atoms with Gasteiger partial charge in [-0.25, -0.2) is 0 Å². The van der Waals surface area contributed by atoms with E-state index < -0.39 is 16.4 Å². The topological polar surface area (TPSA) is 83.6 Å². The number of nitrogens with zero attached hydrogens (tertiary/aromatic N) is 1. The first-order valence-electron chi connectivity index (χ1n) is 3.10. The maximum atomic E-state index is 10.3. The summed E-state index contributed by atoms with van der Waals surface area (Å²) in [4.78, 5) is 9.56. The van der Waals surface area contributed by atoms with Gasteiger partial charge in [0.05, 0.1) is 10.5 Å². The maximum absolute atomic E-state index is 10.3. The summed E-state index contributed by atoms with van der Waals surface area (Å²) in [6, 6.07) is 3.92. The summed E-state index contributed by atoms with van der Waals surface area (Å²) in [7, 11) is 0. The lowest BCUT2D eigenvalue weighted by Gasteiger charge is -1.99. The van der Waals surface area contributed by atoms with Crippen LogP contribution in [-0.4, -0.2) is 15.1 Å². The molecule has 0 aliphatic rings. The molecular weight excluding hydrogens is 162 g/mol. The number of hydrogen-bond donors (Lipinski definition) is 2. The summed E-state index contributed by atoms with van der Waals surface area (Å²) in [6.07, 6.45) is 0. The quantitative estimate of drug-likeness (QED) is 0.513. The molecular formula is C7H6NO4. The van der Waals surface area contributed by atoms with E-state index >= 15 is 0 Å². The molecule has 0 atom stereocenters. The molecule has 0 aliphatic heterocycles. The number of nitro benzene ring substituents is 1. The molecule has 12 heavy (non-hydrogen) atoms. The summed E-state index contributed by atoms with van der Waals surface area (Å²) in [5, 5.41) is 27.9. The fourth-order valence-corrected chi connectivity index (χ4v) is 0.852. The molecule has 0 spiro atoms. The number of aromatic hydroxyl groups is 1. The van der Waals surface area contributed by atoms with Gasteiger partial charge in [-0.3, -0.25) is 10.1 Å². The van der Waals surface area contributed by atoms with Gasteiger partial charge in [-0.15, -0.1) is 0 Å². The predicted octanol–water partition coefficient (Wildman–Crippen LogP) is 1.18. The Bertz CT molecular complexity index is 310. The van der Waals surface area contributed by atoms with Crippen LogP contribution in [-0.2, 0) is 0 Å². The minimum Gasteiger partial charge on any atom is -0.502 e. The Morgan fingerprint density at radius 1 is 1.50 bits per heavy atom. The number of hydrogen-bond acceptors (Lipinski definition) is 4. The lowest BCUT2D eigenvalue weighted by Crippen LogP contribution is -1.93. The molecule has 63 valence electrons. The van der Waals surface area contributed by atoms with E-state index in [1.165, 1.54) is 18.2 Å². The van der Waals surface area contributed by atoms with Crippen molar-refractivity contribution in [3.8, 4) is 5.75 Å². The normalized spacial score (nSPS) is 9.75. The van der Waals surface area contributed by atoms with Gasteiger partial charge in [0.15, 0.2) is 5.75 Å². The van der Waals surface area contributed by atoms with E-state index in [9.17, 15) is 10.1 Å². The van der Waals surface area contributed by atoms with Crippen LogP contribution in [0.3, 0.4) is 0 Å². The van der Waals surface area contributed by atoms with E-state index in [-0.39, 0.29) is 5.56 Å². The van der Waals surface area contributed by atoms with Gasteiger partial charge in [0.1, 0.15) is 6.61 Å². The number of nitro groups is 1. The van der Waals surface area contributed by atoms with Crippen LogP contribution in [0, 0.1) is 16.7 Å². The Morgan fingerprint density at radius 2 is 2.17 bits per heavy atom. The predicted molar refractivity (Wildman–Crippen MR) is 40.1 cm³/mol. The molecule has 0 saturated carbocycles. The van der Waals surface area contributed by atoms with Crippen LogP contribution in [0.5, 0.6) is 5.75 Å². The fourth-order valence-electron chi connectivity index (χ4n) is 0.852. The number of benzene rings is 1. The number of phenols is 1. The highest BCUT2D eigenvalue weighted by Crippen LogP contribution is 2.29. The molecule has 1 radical (unpaired) electrons. The molecule has 0 fully saturated rings. The minimum absolute atomic E-state index is 0.0139. The average molecular weight is 168 g/mol. The fraction of sp³-hybridized carbons (Fsp3) is 0. The van der Waals surface area contributed by atoms with Gasteiger partial charge < -0.3 is 10.2 Å². The summed E-state index contributed by atoms with van der Waals surface area (Å²) < 4.78 is 0. The first kappa shape index (κ1) is 8.48. The van der Waals surface area contributed by atoms with Crippen molar-refractivity contribution in [1.82, 2.24) is 0 Å². The number of phenolic OH excluding ortho intramolecular Hbond substituents is 1. The molecule has 0 heterocycles. The Kier molecular flexibility index (Phi) is 2.25. The molecule has 1 aromatic rings. The average Bonchev–Trinajstić information content (AvgIpc) is 2.03. The first-order chi connectivity index (χ1) is 5.66. The molecule has 0 bridgehead atoms. The van der Waals surface area contributed by atoms with Gasteiger partial charge in [-0.2, -0.15) is 0 Å². The van der Waals surface area contributed by atoms with E-state index in [4.69, 9.17) is 10.2 Å². The number of para-hydroxylation sites is 1. The van der Waals surface area contributed by atoms with E-state index in [0.29, 0.717) is 6.61 Å². The maximum Gasteiger partial charge on any atom is 0.316 e. The molecule has 0 unspecified atom stereocenters. The van der Waals surface area contributed by atoms with E-state index in [1.54, 1.807) is 0 Å². The Hall–Kier alpha value is -1.62. The molecule has 1 aromatic carbocycles. The zero-order valence-electron chi connectivity index (χ0n) is 5.97. The van der Waals surface area contributed by atoms with Crippen molar-refractivity contribution in [2.45, 2.75) is 0 Å². The van der Waals surface area contributed by atoms with Crippen molar-refractivity contribution in [3.63, 3.8) is 0 Å². The highest BCUT2D eigenvalue weighted by atomic mass is 16.6. The molecule has 1 rings (SSSR count). The van der Waals surface area contributed by atoms with Gasteiger partial charge >= 0.3 is 5.69 Å². The van der Waals surface area contributed by atoms with Gasteiger partial charge in [-0.1, -0.05) is 6.07 Å². The van der Waals surface area contributed by atoms with E-state index in [0.717, 1.165) is 0 Å². The van der Waals surface area contributed by atoms with Crippen LogP contribution >= 0.6 is 0 Å². The van der Waals surface area contributed by atoms with Crippen molar-refractivity contribution in [2.75, 3.05) is 0 Å². The molecule has 0 saturated heterocycles.